The van der Waals surface area contributed by atoms with E-state index in [1.165, 1.54) is 0 Å². The van der Waals surface area contributed by atoms with Crippen LogP contribution in [0.3, 0.4) is 0 Å². The normalized spacial score (nSPS) is 11.0. The predicted octanol–water partition coefficient (Wildman–Crippen LogP) is 2.12. The van der Waals surface area contributed by atoms with Crippen LogP contribution >= 0.6 is 0 Å². The zero-order valence-corrected chi connectivity index (χ0v) is 15.2. The number of pyridine rings is 2. The minimum absolute atomic E-state index is 0.138. The lowest BCUT2D eigenvalue weighted by Gasteiger charge is -2.11. The summed E-state index contributed by atoms with van der Waals surface area (Å²) in [5.74, 6) is 0.137. The molecule has 0 spiro atoms. The van der Waals surface area contributed by atoms with Gasteiger partial charge in [-0.2, -0.15) is 0 Å². The number of nitrogens with one attached hydrogen (secondary N) is 1. The van der Waals surface area contributed by atoms with Crippen molar-refractivity contribution in [2.45, 2.75) is 20.4 Å². The first kappa shape index (κ1) is 18.8. The lowest BCUT2D eigenvalue weighted by atomic mass is 10.2. The molecule has 3 aromatic heterocycles. The maximum absolute atomic E-state index is 12.5. The van der Waals surface area contributed by atoms with Gasteiger partial charge < -0.3 is 19.7 Å². The number of hydrogen-bond donors (Lipinski definition) is 2. The van der Waals surface area contributed by atoms with Crippen molar-refractivity contribution in [1.82, 2.24) is 19.9 Å². The summed E-state index contributed by atoms with van der Waals surface area (Å²) in [5, 5.41) is 11.6. The Morgan fingerprint density at radius 1 is 1.37 bits per heavy atom. The van der Waals surface area contributed by atoms with Gasteiger partial charge >= 0.3 is 0 Å². The molecule has 0 bridgehead atoms. The predicted molar refractivity (Wildman–Crippen MR) is 98.6 cm³/mol. The minimum Gasteiger partial charge on any atom is -0.463 e. The van der Waals surface area contributed by atoms with Gasteiger partial charge in [0.2, 0.25) is 6.86 Å². The molecule has 0 saturated carbocycles. The number of ether oxygens (including phenoxy) is 1. The molecule has 0 aliphatic rings. The number of aryl methyl sites for hydroxylation is 1. The third kappa shape index (κ3) is 3.90. The van der Waals surface area contributed by atoms with Crippen LogP contribution in [0.4, 0.5) is 4.39 Å². The van der Waals surface area contributed by atoms with Crippen LogP contribution in [-0.4, -0.2) is 45.6 Å². The SMILES string of the molecule is Cc1cnc2c(C(=O)NCCO)cn(Cc3nccc(OCF)c3C)c2c1. The third-order valence-electron chi connectivity index (χ3n) is 4.28. The van der Waals surface area contributed by atoms with E-state index in [2.05, 4.69) is 15.3 Å². The van der Waals surface area contributed by atoms with E-state index in [-0.39, 0.29) is 19.1 Å². The van der Waals surface area contributed by atoms with E-state index in [0.29, 0.717) is 29.1 Å². The van der Waals surface area contributed by atoms with E-state index >= 15 is 0 Å². The Kier molecular flexibility index (Phi) is 5.66. The molecule has 0 fully saturated rings. The molecular formula is C19H21FN4O3. The topological polar surface area (TPSA) is 89.3 Å². The average molecular weight is 372 g/mol. The largest absolute Gasteiger partial charge is 0.463 e. The molecule has 0 atom stereocenters. The number of hydrogen-bond acceptors (Lipinski definition) is 5. The Balaban J connectivity index is 2.03. The summed E-state index contributed by atoms with van der Waals surface area (Å²) in [5.41, 5.74) is 4.20. The second kappa shape index (κ2) is 8.13. The summed E-state index contributed by atoms with van der Waals surface area (Å²) in [4.78, 5) is 21.2. The van der Waals surface area contributed by atoms with Gasteiger partial charge in [-0.3, -0.25) is 14.8 Å². The first-order chi connectivity index (χ1) is 13.0. The summed E-state index contributed by atoms with van der Waals surface area (Å²) < 4.78 is 19.4. The van der Waals surface area contributed by atoms with Crippen molar-refractivity contribution in [3.8, 4) is 5.75 Å². The zero-order chi connectivity index (χ0) is 19.4. The highest BCUT2D eigenvalue weighted by Gasteiger charge is 2.17. The van der Waals surface area contributed by atoms with E-state index in [4.69, 9.17) is 9.84 Å². The van der Waals surface area contributed by atoms with Gasteiger partial charge in [0, 0.05) is 30.7 Å². The Labute approximate surface area is 155 Å². The van der Waals surface area contributed by atoms with Crippen LogP contribution in [0.2, 0.25) is 0 Å². The molecule has 142 valence electrons. The molecule has 0 radical (unpaired) electrons. The number of alkyl halides is 1. The molecule has 0 saturated heterocycles. The van der Waals surface area contributed by atoms with Gasteiger partial charge in [-0.15, -0.1) is 0 Å². The van der Waals surface area contributed by atoms with Gasteiger partial charge in [-0.25, -0.2) is 4.39 Å². The van der Waals surface area contributed by atoms with E-state index in [1.807, 2.05) is 24.5 Å². The van der Waals surface area contributed by atoms with Crippen LogP contribution in [0.1, 0.15) is 27.2 Å². The molecule has 7 nitrogen and oxygen atoms in total. The van der Waals surface area contributed by atoms with Crippen molar-refractivity contribution in [3.63, 3.8) is 0 Å². The number of aromatic nitrogens is 3. The molecule has 27 heavy (non-hydrogen) atoms. The summed E-state index contributed by atoms with van der Waals surface area (Å²) in [7, 11) is 0. The lowest BCUT2D eigenvalue weighted by Crippen LogP contribution is -2.26. The van der Waals surface area contributed by atoms with Gasteiger partial charge in [0.05, 0.1) is 29.9 Å². The Bertz CT molecular complexity index is 971. The Hall–Kier alpha value is -3.00. The van der Waals surface area contributed by atoms with Crippen LogP contribution in [0.15, 0.2) is 30.7 Å². The molecule has 0 aromatic carbocycles. The molecule has 1 amide bonds. The standard InChI is InChI=1S/C19H21FN4O3/c1-12-7-16-18(23-8-12)14(19(26)22-5-6-25)9-24(16)10-15-13(2)17(27-11-20)3-4-21-15/h3-4,7-9,25H,5-6,10-11H2,1-2H3,(H,22,26). The van der Waals surface area contributed by atoms with Crippen molar-refractivity contribution in [2.75, 3.05) is 20.0 Å². The van der Waals surface area contributed by atoms with Gasteiger partial charge in [0.25, 0.3) is 5.91 Å². The fourth-order valence-corrected chi connectivity index (χ4v) is 2.92. The molecule has 8 heteroatoms. The number of nitrogens with zero attached hydrogens (tertiary/aromatic N) is 3. The van der Waals surface area contributed by atoms with Crippen LogP contribution in [0, 0.1) is 13.8 Å². The minimum atomic E-state index is -0.908. The maximum Gasteiger partial charge on any atom is 0.255 e. The van der Waals surface area contributed by atoms with E-state index in [9.17, 15) is 9.18 Å². The Morgan fingerprint density at radius 3 is 2.93 bits per heavy atom. The quantitative estimate of drug-likeness (QED) is 0.663. The molecule has 3 aromatic rings. The molecule has 2 N–H and O–H groups in total. The molecule has 0 aliphatic carbocycles. The van der Waals surface area contributed by atoms with Crippen LogP contribution < -0.4 is 10.1 Å². The second-order valence-corrected chi connectivity index (χ2v) is 6.16. The number of carbonyl (C=O) groups is 1. The van der Waals surface area contributed by atoms with E-state index in [0.717, 1.165) is 16.6 Å². The number of rotatable bonds is 7. The van der Waals surface area contributed by atoms with E-state index in [1.54, 1.807) is 24.7 Å². The smallest absolute Gasteiger partial charge is 0.255 e. The second-order valence-electron chi connectivity index (χ2n) is 6.16. The number of carbonyl (C=O) groups excluding carboxylic acids is 1. The van der Waals surface area contributed by atoms with E-state index < -0.39 is 6.86 Å². The summed E-state index contributed by atoms with van der Waals surface area (Å²) >= 11 is 0. The summed E-state index contributed by atoms with van der Waals surface area (Å²) in [6, 6.07) is 3.56. The maximum atomic E-state index is 12.5. The highest BCUT2D eigenvalue weighted by atomic mass is 19.1. The fourth-order valence-electron chi connectivity index (χ4n) is 2.92. The van der Waals surface area contributed by atoms with Crippen molar-refractivity contribution in [2.24, 2.45) is 0 Å². The molecular weight excluding hydrogens is 351 g/mol. The highest BCUT2D eigenvalue weighted by Crippen LogP contribution is 2.24. The number of amides is 1. The number of halogens is 1. The first-order valence-corrected chi connectivity index (χ1v) is 8.53. The average Bonchev–Trinajstić information content (AvgIpc) is 3.01. The van der Waals surface area contributed by atoms with Crippen molar-refractivity contribution < 1.29 is 19.0 Å². The number of fused-ring (bicyclic) bond motifs is 1. The lowest BCUT2D eigenvalue weighted by molar-refractivity contribution is 0.0946. The van der Waals surface area contributed by atoms with Crippen molar-refractivity contribution >= 4 is 16.9 Å². The van der Waals surface area contributed by atoms with Gasteiger partial charge in [0.1, 0.15) is 11.3 Å². The van der Waals surface area contributed by atoms with Crippen molar-refractivity contribution in [3.05, 3.63) is 53.1 Å². The van der Waals surface area contributed by atoms with Crippen LogP contribution in [0.5, 0.6) is 5.75 Å². The molecule has 0 unspecified atom stereocenters. The fraction of sp³-hybridized carbons (Fsp3) is 0.316. The van der Waals surface area contributed by atoms with Gasteiger partial charge in [-0.1, -0.05) is 0 Å². The van der Waals surface area contributed by atoms with Crippen LogP contribution in [0.25, 0.3) is 11.0 Å². The first-order valence-electron chi connectivity index (χ1n) is 8.53. The van der Waals surface area contributed by atoms with Gasteiger partial charge in [-0.05, 0) is 31.5 Å². The Morgan fingerprint density at radius 2 is 2.19 bits per heavy atom. The number of aliphatic hydroxyl groups is 1. The molecule has 3 heterocycles. The third-order valence-corrected chi connectivity index (χ3v) is 4.28. The monoisotopic (exact) mass is 372 g/mol. The van der Waals surface area contributed by atoms with Gasteiger partial charge in [0.15, 0.2) is 0 Å². The number of aliphatic hydroxyl groups excluding tert-OH is 1. The molecule has 3 rings (SSSR count). The highest BCUT2D eigenvalue weighted by molar-refractivity contribution is 6.05. The summed E-state index contributed by atoms with van der Waals surface area (Å²) in [6.45, 7) is 3.24. The zero-order valence-electron chi connectivity index (χ0n) is 15.2. The van der Waals surface area contributed by atoms with Crippen molar-refractivity contribution in [1.29, 1.82) is 0 Å². The molecule has 0 aliphatic heterocycles. The van der Waals surface area contributed by atoms with Crippen LogP contribution in [-0.2, 0) is 6.54 Å². The summed E-state index contributed by atoms with van der Waals surface area (Å²) in [6.07, 6.45) is 4.99.